The molecule has 1 aliphatic rings. The highest BCUT2D eigenvalue weighted by atomic mass is 32.2. The summed E-state index contributed by atoms with van der Waals surface area (Å²) in [6, 6.07) is 9.43. The molecule has 0 N–H and O–H groups in total. The fraction of sp³-hybridized carbons (Fsp3) is 0.100. The zero-order valence-electron chi connectivity index (χ0n) is 7.42. The lowest BCUT2D eigenvalue weighted by Gasteiger charge is -1.99. The molecule has 0 spiro atoms. The summed E-state index contributed by atoms with van der Waals surface area (Å²) >= 11 is 0. The number of benzene rings is 1. The molecule has 0 aromatic heterocycles. The van der Waals surface area contributed by atoms with E-state index in [-0.39, 0.29) is 5.04 Å². The van der Waals surface area contributed by atoms with Crippen molar-refractivity contribution in [3.05, 3.63) is 47.5 Å². The number of hydrogen-bond donors (Lipinski definition) is 0. The van der Waals surface area contributed by atoms with Crippen molar-refractivity contribution in [3.63, 3.8) is 0 Å². The first kappa shape index (κ1) is 9.15. The van der Waals surface area contributed by atoms with Crippen LogP contribution in [0.5, 0.6) is 0 Å². The first-order valence-corrected chi connectivity index (χ1v) is 5.75. The van der Waals surface area contributed by atoms with E-state index >= 15 is 0 Å². The van der Waals surface area contributed by atoms with Gasteiger partial charge in [0.2, 0.25) is 9.84 Å². The van der Waals surface area contributed by atoms with Crippen LogP contribution in [0.15, 0.2) is 46.9 Å². The molecule has 14 heavy (non-hydrogen) atoms. The number of sulfone groups is 1. The van der Waals surface area contributed by atoms with Gasteiger partial charge in [0.15, 0.2) is 0 Å². The molecule has 0 fully saturated rings. The van der Waals surface area contributed by atoms with Gasteiger partial charge in [0.25, 0.3) is 0 Å². The molecule has 1 aliphatic heterocycles. The molecule has 72 valence electrons. The quantitative estimate of drug-likeness (QED) is 0.738. The third-order valence-corrected chi connectivity index (χ3v) is 3.37. The van der Waals surface area contributed by atoms with Crippen LogP contribution in [-0.2, 0) is 16.3 Å². The highest BCUT2D eigenvalue weighted by molar-refractivity contribution is 8.09. The molecule has 0 saturated heterocycles. The topological polar surface area (TPSA) is 46.5 Å². The molecule has 1 aromatic rings. The molecule has 4 heteroatoms. The van der Waals surface area contributed by atoms with Gasteiger partial charge in [-0.15, -0.1) is 0 Å². The summed E-state index contributed by atoms with van der Waals surface area (Å²) in [6.45, 7) is 0. The second-order valence-electron chi connectivity index (χ2n) is 3.02. The lowest BCUT2D eigenvalue weighted by Crippen LogP contribution is -2.11. The Hall–Kier alpha value is -1.42. The Bertz CT molecular complexity index is 486. The molecule has 0 unspecified atom stereocenters. The summed E-state index contributed by atoms with van der Waals surface area (Å²) in [7, 11) is -3.22. The highest BCUT2D eigenvalue weighted by Gasteiger charge is 2.19. The van der Waals surface area contributed by atoms with Gasteiger partial charge in [0.1, 0.15) is 5.04 Å². The summed E-state index contributed by atoms with van der Waals surface area (Å²) in [5, 5.41) is 1.36. The molecular formula is C10H9NO2S. The van der Waals surface area contributed by atoms with Crippen molar-refractivity contribution < 1.29 is 8.42 Å². The zero-order valence-corrected chi connectivity index (χ0v) is 8.24. The predicted molar refractivity (Wildman–Crippen MR) is 55.6 cm³/mol. The Balaban J connectivity index is 2.23. The van der Waals surface area contributed by atoms with E-state index in [9.17, 15) is 8.42 Å². The Morgan fingerprint density at radius 1 is 1.14 bits per heavy atom. The molecule has 0 bridgehead atoms. The van der Waals surface area contributed by atoms with Gasteiger partial charge in [0, 0.05) is 12.6 Å². The molecular weight excluding hydrogens is 198 g/mol. The van der Waals surface area contributed by atoms with Crippen LogP contribution < -0.4 is 0 Å². The average Bonchev–Trinajstić information content (AvgIpc) is 2.48. The molecule has 3 nitrogen and oxygen atoms in total. The van der Waals surface area contributed by atoms with Gasteiger partial charge in [-0.3, -0.25) is 0 Å². The molecule has 0 amide bonds. The average molecular weight is 207 g/mol. The van der Waals surface area contributed by atoms with E-state index in [2.05, 4.69) is 4.99 Å². The molecule has 0 radical (unpaired) electrons. The Labute approximate surface area is 82.7 Å². The molecule has 0 aliphatic carbocycles. The van der Waals surface area contributed by atoms with Crippen molar-refractivity contribution in [2.24, 2.45) is 4.99 Å². The minimum atomic E-state index is -3.22. The van der Waals surface area contributed by atoms with E-state index in [0.717, 1.165) is 11.0 Å². The Morgan fingerprint density at radius 3 is 2.43 bits per heavy atom. The monoisotopic (exact) mass is 207 g/mol. The van der Waals surface area contributed by atoms with Crippen LogP contribution in [-0.4, -0.2) is 13.5 Å². The van der Waals surface area contributed by atoms with E-state index < -0.39 is 9.84 Å². The Morgan fingerprint density at radius 2 is 1.86 bits per heavy atom. The van der Waals surface area contributed by atoms with Crippen molar-refractivity contribution >= 4 is 14.9 Å². The zero-order chi connectivity index (χ0) is 10.0. The normalized spacial score (nSPS) is 18.1. The van der Waals surface area contributed by atoms with Crippen LogP contribution in [0.1, 0.15) is 5.56 Å². The second-order valence-corrected chi connectivity index (χ2v) is 4.85. The predicted octanol–water partition coefficient (Wildman–Crippen LogP) is 1.53. The number of aliphatic imine (C=N–C) groups is 1. The summed E-state index contributed by atoms with van der Waals surface area (Å²) in [5.74, 6) is 0. The number of rotatable bonds is 2. The van der Waals surface area contributed by atoms with Crippen LogP contribution in [0.25, 0.3) is 0 Å². The third kappa shape index (κ3) is 1.75. The second kappa shape index (κ2) is 3.38. The van der Waals surface area contributed by atoms with Crippen molar-refractivity contribution in [1.82, 2.24) is 0 Å². The van der Waals surface area contributed by atoms with Crippen LogP contribution >= 0.6 is 0 Å². The lowest BCUT2D eigenvalue weighted by atomic mass is 10.2. The summed E-state index contributed by atoms with van der Waals surface area (Å²) < 4.78 is 22.7. The van der Waals surface area contributed by atoms with Crippen molar-refractivity contribution in [2.45, 2.75) is 6.42 Å². The van der Waals surface area contributed by atoms with Gasteiger partial charge in [-0.2, -0.15) is 0 Å². The van der Waals surface area contributed by atoms with Crippen LogP contribution in [0, 0.1) is 0 Å². The standard InChI is InChI=1S/C10H9NO2S/c12-14(13)7-6-11-10(14)8-9-4-2-1-3-5-9/h1-7H,8H2. The summed E-state index contributed by atoms with van der Waals surface area (Å²) in [5.41, 5.74) is 0.957. The van der Waals surface area contributed by atoms with E-state index in [4.69, 9.17) is 0 Å². The first-order valence-electron chi connectivity index (χ1n) is 4.21. The molecule has 1 aromatic carbocycles. The lowest BCUT2D eigenvalue weighted by molar-refractivity contribution is 0.615. The van der Waals surface area contributed by atoms with Gasteiger partial charge < -0.3 is 0 Å². The van der Waals surface area contributed by atoms with Crippen molar-refractivity contribution in [3.8, 4) is 0 Å². The maximum atomic E-state index is 11.3. The van der Waals surface area contributed by atoms with Crippen molar-refractivity contribution in [2.75, 3.05) is 0 Å². The summed E-state index contributed by atoms with van der Waals surface area (Å²) in [4.78, 5) is 3.83. The van der Waals surface area contributed by atoms with Crippen LogP contribution in [0.2, 0.25) is 0 Å². The molecule has 1 heterocycles. The minimum absolute atomic E-state index is 0.226. The van der Waals surface area contributed by atoms with Gasteiger partial charge in [-0.25, -0.2) is 13.4 Å². The fourth-order valence-corrected chi connectivity index (χ4v) is 2.22. The fourth-order valence-electron chi connectivity index (χ4n) is 1.26. The first-order chi connectivity index (χ1) is 6.68. The van der Waals surface area contributed by atoms with E-state index in [0.29, 0.717) is 6.42 Å². The van der Waals surface area contributed by atoms with Crippen LogP contribution in [0.4, 0.5) is 0 Å². The minimum Gasteiger partial charge on any atom is -0.248 e. The number of nitrogens with zero attached hydrogens (tertiary/aromatic N) is 1. The summed E-state index contributed by atoms with van der Waals surface area (Å²) in [6.07, 6.45) is 1.70. The van der Waals surface area contributed by atoms with Gasteiger partial charge in [-0.1, -0.05) is 30.3 Å². The molecule has 2 rings (SSSR count). The molecule has 0 saturated carbocycles. The smallest absolute Gasteiger partial charge is 0.214 e. The van der Waals surface area contributed by atoms with Gasteiger partial charge in [0.05, 0.1) is 5.41 Å². The van der Waals surface area contributed by atoms with Crippen LogP contribution in [0.3, 0.4) is 0 Å². The maximum absolute atomic E-state index is 11.3. The maximum Gasteiger partial charge on any atom is 0.214 e. The SMILES string of the molecule is O=S1(=O)C=CN=C1Cc1ccccc1. The van der Waals surface area contributed by atoms with E-state index in [1.807, 2.05) is 30.3 Å². The number of hydrogen-bond acceptors (Lipinski definition) is 3. The molecule has 0 atom stereocenters. The Kier molecular flexibility index (Phi) is 2.21. The third-order valence-electron chi connectivity index (χ3n) is 1.99. The van der Waals surface area contributed by atoms with Crippen molar-refractivity contribution in [1.29, 1.82) is 0 Å². The van der Waals surface area contributed by atoms with E-state index in [1.54, 1.807) is 0 Å². The largest absolute Gasteiger partial charge is 0.248 e. The van der Waals surface area contributed by atoms with Gasteiger partial charge in [-0.05, 0) is 5.56 Å². The van der Waals surface area contributed by atoms with Gasteiger partial charge >= 0.3 is 0 Å². The highest BCUT2D eigenvalue weighted by Crippen LogP contribution is 2.11. The van der Waals surface area contributed by atoms with E-state index in [1.165, 1.54) is 6.20 Å².